The van der Waals surface area contributed by atoms with Gasteiger partial charge < -0.3 is 4.90 Å². The lowest BCUT2D eigenvalue weighted by Crippen LogP contribution is -2.18. The van der Waals surface area contributed by atoms with E-state index in [1.165, 1.54) is 6.42 Å². The molecule has 1 heterocycles. The minimum absolute atomic E-state index is 0.692. The summed E-state index contributed by atoms with van der Waals surface area (Å²) in [5.41, 5.74) is 0.851. The maximum absolute atomic E-state index is 6.10. The summed E-state index contributed by atoms with van der Waals surface area (Å²) >= 11 is 9.48. The number of aliphatic imine (C=N–C) groups is 1. The highest BCUT2D eigenvalue weighted by atomic mass is 79.9. The van der Waals surface area contributed by atoms with Gasteiger partial charge in [-0.25, -0.2) is 4.99 Å². The number of hydrogen-bond donors (Lipinski definition) is 0. The monoisotopic (exact) mass is 286 g/mol. The Morgan fingerprint density at radius 1 is 1.47 bits per heavy atom. The smallest absolute Gasteiger partial charge is 0.105 e. The van der Waals surface area contributed by atoms with Crippen LogP contribution in [0.5, 0.6) is 0 Å². The van der Waals surface area contributed by atoms with Crippen LogP contribution >= 0.6 is 27.5 Å². The number of benzene rings is 1. The Bertz CT molecular complexity index is 404. The van der Waals surface area contributed by atoms with Gasteiger partial charge in [0.25, 0.3) is 0 Å². The predicted molar refractivity (Wildman–Crippen MR) is 68.1 cm³/mol. The summed E-state index contributed by atoms with van der Waals surface area (Å²) < 4.78 is 0.983. The Kier molecular flexibility index (Phi) is 3.32. The van der Waals surface area contributed by atoms with Crippen LogP contribution in [0.3, 0.4) is 0 Å². The molecule has 0 radical (unpaired) electrons. The average molecular weight is 288 g/mol. The van der Waals surface area contributed by atoms with Crippen LogP contribution in [0.15, 0.2) is 27.7 Å². The molecule has 80 valence electrons. The summed E-state index contributed by atoms with van der Waals surface area (Å²) in [7, 11) is 2.07. The number of amidine groups is 1. The lowest BCUT2D eigenvalue weighted by Gasteiger charge is -2.11. The van der Waals surface area contributed by atoms with E-state index in [2.05, 4.69) is 32.9 Å². The molecule has 0 bridgehead atoms. The SMILES string of the molecule is CN1CCCC1=Nc1ccc(Br)cc1Cl. The highest BCUT2D eigenvalue weighted by molar-refractivity contribution is 9.10. The third kappa shape index (κ3) is 2.52. The van der Waals surface area contributed by atoms with Crippen LogP contribution in [0, 0.1) is 0 Å². The van der Waals surface area contributed by atoms with Crippen LogP contribution in [0.4, 0.5) is 5.69 Å². The van der Waals surface area contributed by atoms with Gasteiger partial charge in [0.15, 0.2) is 0 Å². The molecule has 4 heteroatoms. The van der Waals surface area contributed by atoms with Gasteiger partial charge in [0.2, 0.25) is 0 Å². The fourth-order valence-electron chi connectivity index (χ4n) is 1.65. The first-order valence-electron chi connectivity index (χ1n) is 4.90. The van der Waals surface area contributed by atoms with Crippen LogP contribution in [0.25, 0.3) is 0 Å². The third-order valence-corrected chi connectivity index (χ3v) is 3.29. The van der Waals surface area contributed by atoms with Crippen LogP contribution < -0.4 is 0 Å². The number of rotatable bonds is 1. The van der Waals surface area contributed by atoms with E-state index < -0.39 is 0 Å². The van der Waals surface area contributed by atoms with Gasteiger partial charge in [-0.05, 0) is 24.6 Å². The van der Waals surface area contributed by atoms with Gasteiger partial charge in [-0.15, -0.1) is 0 Å². The van der Waals surface area contributed by atoms with E-state index >= 15 is 0 Å². The Balaban J connectivity index is 2.30. The average Bonchev–Trinajstić information content (AvgIpc) is 2.57. The standard InChI is InChI=1S/C11H12BrClN2/c1-15-6-2-3-11(15)14-10-5-4-8(12)7-9(10)13/h4-5,7H,2-3,6H2,1H3. The number of likely N-dealkylation sites (tertiary alicyclic amines) is 1. The predicted octanol–water partition coefficient (Wildman–Crippen LogP) is 3.86. The molecule has 1 aromatic rings. The van der Waals surface area contributed by atoms with Crippen molar-refractivity contribution in [1.82, 2.24) is 4.90 Å². The van der Waals surface area contributed by atoms with E-state index in [0.717, 1.165) is 29.0 Å². The van der Waals surface area contributed by atoms with Crippen molar-refractivity contribution in [2.24, 2.45) is 4.99 Å². The fraction of sp³-hybridized carbons (Fsp3) is 0.364. The summed E-state index contributed by atoms with van der Waals surface area (Å²) in [4.78, 5) is 6.75. The normalized spacial score (nSPS) is 18.9. The number of nitrogens with zero attached hydrogens (tertiary/aromatic N) is 2. The lowest BCUT2D eigenvalue weighted by molar-refractivity contribution is 0.550. The zero-order valence-corrected chi connectivity index (χ0v) is 10.8. The molecule has 1 aliphatic heterocycles. The first kappa shape index (κ1) is 11.0. The second-order valence-corrected chi connectivity index (χ2v) is 4.97. The fourth-order valence-corrected chi connectivity index (χ4v) is 2.36. The molecule has 15 heavy (non-hydrogen) atoms. The molecule has 0 aromatic heterocycles. The van der Waals surface area contributed by atoms with Crippen molar-refractivity contribution in [2.75, 3.05) is 13.6 Å². The van der Waals surface area contributed by atoms with Crippen LogP contribution in [-0.2, 0) is 0 Å². The second kappa shape index (κ2) is 4.54. The molecule has 2 rings (SSSR count). The molecule has 0 amide bonds. The van der Waals surface area contributed by atoms with E-state index in [0.29, 0.717) is 5.02 Å². The Morgan fingerprint density at radius 2 is 2.27 bits per heavy atom. The van der Waals surface area contributed by atoms with Gasteiger partial charge >= 0.3 is 0 Å². The molecule has 0 atom stereocenters. The lowest BCUT2D eigenvalue weighted by atomic mass is 10.3. The molecular formula is C11H12BrClN2. The zero-order valence-electron chi connectivity index (χ0n) is 8.50. The number of halogens is 2. The summed E-state index contributed by atoms with van der Waals surface area (Å²) in [6, 6.07) is 5.77. The van der Waals surface area contributed by atoms with E-state index in [-0.39, 0.29) is 0 Å². The maximum Gasteiger partial charge on any atom is 0.105 e. The van der Waals surface area contributed by atoms with Gasteiger partial charge in [0.05, 0.1) is 10.7 Å². The minimum atomic E-state index is 0.692. The molecule has 0 aliphatic carbocycles. The topological polar surface area (TPSA) is 15.6 Å². The first-order valence-corrected chi connectivity index (χ1v) is 6.07. The molecule has 0 spiro atoms. The first-order chi connectivity index (χ1) is 7.16. The second-order valence-electron chi connectivity index (χ2n) is 3.65. The Labute approximate surface area is 103 Å². The minimum Gasteiger partial charge on any atom is -0.363 e. The Morgan fingerprint density at radius 3 is 2.87 bits per heavy atom. The van der Waals surface area contributed by atoms with Crippen molar-refractivity contribution in [2.45, 2.75) is 12.8 Å². The van der Waals surface area contributed by atoms with E-state index in [4.69, 9.17) is 11.6 Å². The van der Waals surface area contributed by atoms with Crippen molar-refractivity contribution < 1.29 is 0 Å². The van der Waals surface area contributed by atoms with Gasteiger partial charge in [-0.2, -0.15) is 0 Å². The van der Waals surface area contributed by atoms with E-state index in [1.54, 1.807) is 0 Å². The third-order valence-electron chi connectivity index (χ3n) is 2.49. The summed E-state index contributed by atoms with van der Waals surface area (Å²) in [6.07, 6.45) is 2.23. The largest absolute Gasteiger partial charge is 0.363 e. The molecule has 0 saturated carbocycles. The van der Waals surface area contributed by atoms with Crippen molar-refractivity contribution >= 4 is 39.1 Å². The van der Waals surface area contributed by atoms with Gasteiger partial charge in [0, 0.05) is 24.5 Å². The van der Waals surface area contributed by atoms with Gasteiger partial charge in [-0.1, -0.05) is 27.5 Å². The number of hydrogen-bond acceptors (Lipinski definition) is 1. The highest BCUT2D eigenvalue weighted by Crippen LogP contribution is 2.29. The molecular weight excluding hydrogens is 275 g/mol. The molecule has 1 saturated heterocycles. The molecule has 0 N–H and O–H groups in total. The van der Waals surface area contributed by atoms with Crippen LogP contribution in [0.2, 0.25) is 5.02 Å². The molecule has 0 unspecified atom stereocenters. The van der Waals surface area contributed by atoms with Crippen molar-refractivity contribution in [3.8, 4) is 0 Å². The maximum atomic E-state index is 6.10. The Hall–Kier alpha value is -0.540. The van der Waals surface area contributed by atoms with Crippen molar-refractivity contribution in [3.63, 3.8) is 0 Å². The van der Waals surface area contributed by atoms with Crippen molar-refractivity contribution in [1.29, 1.82) is 0 Å². The highest BCUT2D eigenvalue weighted by Gasteiger charge is 2.14. The van der Waals surface area contributed by atoms with E-state index in [9.17, 15) is 0 Å². The van der Waals surface area contributed by atoms with Gasteiger partial charge in [-0.3, -0.25) is 0 Å². The molecule has 1 fully saturated rings. The molecule has 1 aromatic carbocycles. The molecule has 1 aliphatic rings. The summed E-state index contributed by atoms with van der Waals surface area (Å²) in [5, 5.41) is 0.692. The summed E-state index contributed by atoms with van der Waals surface area (Å²) in [5.74, 6) is 1.12. The quantitative estimate of drug-likeness (QED) is 0.766. The van der Waals surface area contributed by atoms with Gasteiger partial charge in [0.1, 0.15) is 5.84 Å². The molecule has 2 nitrogen and oxygen atoms in total. The zero-order chi connectivity index (χ0) is 10.8. The van der Waals surface area contributed by atoms with Crippen LogP contribution in [0.1, 0.15) is 12.8 Å². The van der Waals surface area contributed by atoms with E-state index in [1.807, 2.05) is 18.2 Å². The van der Waals surface area contributed by atoms with Crippen molar-refractivity contribution in [3.05, 3.63) is 27.7 Å². The van der Waals surface area contributed by atoms with Crippen LogP contribution in [-0.4, -0.2) is 24.3 Å². The summed E-state index contributed by atoms with van der Waals surface area (Å²) in [6.45, 7) is 1.09.